The number of carboxylic acids is 1. The van der Waals surface area contributed by atoms with Crippen LogP contribution < -0.4 is 10.2 Å². The minimum absolute atomic E-state index is 0. The van der Waals surface area contributed by atoms with Crippen molar-refractivity contribution in [2.45, 2.75) is 6.42 Å². The average Bonchev–Trinajstić information content (AvgIpc) is 2.70. The first-order valence-corrected chi connectivity index (χ1v) is 9.57. The standard InChI is InChI=1S/C22H18Cl2N2O3.H2O/c23-17-10-6-11-18(24)22(17)25-19-12-5-4-7-15(19)13-20(27)26(14-21(28)29)16-8-2-1-3-9-16;/h1-12,25H,13-14H2,(H,28,29);1H2. The summed E-state index contributed by atoms with van der Waals surface area (Å²) in [6.07, 6.45) is 0.00736. The van der Waals surface area contributed by atoms with Crippen molar-refractivity contribution in [1.29, 1.82) is 0 Å². The molecular weight excluding hydrogens is 427 g/mol. The predicted octanol–water partition coefficient (Wildman–Crippen LogP) is 4.57. The van der Waals surface area contributed by atoms with E-state index in [0.717, 1.165) is 0 Å². The molecule has 0 saturated carbocycles. The van der Waals surface area contributed by atoms with E-state index >= 15 is 0 Å². The number of carbonyl (C=O) groups excluding carboxylic acids is 1. The van der Waals surface area contributed by atoms with Gasteiger partial charge in [-0.25, -0.2) is 0 Å². The fourth-order valence-corrected chi connectivity index (χ4v) is 3.37. The molecule has 0 saturated heterocycles. The van der Waals surface area contributed by atoms with E-state index in [2.05, 4.69) is 5.32 Å². The van der Waals surface area contributed by atoms with Gasteiger partial charge in [0.2, 0.25) is 5.91 Å². The van der Waals surface area contributed by atoms with Crippen LogP contribution in [0.3, 0.4) is 0 Å². The highest BCUT2D eigenvalue weighted by molar-refractivity contribution is 6.39. The highest BCUT2D eigenvalue weighted by Crippen LogP contribution is 2.33. The molecule has 0 heterocycles. The number of nitrogens with zero attached hydrogens (tertiary/aromatic N) is 1. The zero-order valence-corrected chi connectivity index (χ0v) is 17.3. The molecule has 3 aromatic rings. The number of carbonyl (C=O) groups is 2. The van der Waals surface area contributed by atoms with Gasteiger partial charge in [0.25, 0.3) is 0 Å². The van der Waals surface area contributed by atoms with E-state index in [1.54, 1.807) is 54.6 Å². The number of benzene rings is 3. The first kappa shape index (κ1) is 23.2. The Bertz CT molecular complexity index is 1010. The number of amides is 1. The zero-order chi connectivity index (χ0) is 20.8. The Morgan fingerprint density at radius 2 is 1.47 bits per heavy atom. The van der Waals surface area contributed by atoms with Crippen molar-refractivity contribution >= 4 is 52.1 Å². The maximum Gasteiger partial charge on any atom is 0.323 e. The van der Waals surface area contributed by atoms with Crippen molar-refractivity contribution in [3.8, 4) is 0 Å². The fourth-order valence-electron chi connectivity index (χ4n) is 2.87. The largest absolute Gasteiger partial charge is 0.480 e. The molecular formula is C22H20Cl2N2O4. The molecule has 0 spiro atoms. The normalized spacial score (nSPS) is 10.1. The Hall–Kier alpha value is -3.06. The number of halogens is 2. The molecule has 0 bridgehead atoms. The van der Waals surface area contributed by atoms with Crippen LogP contribution in [0.4, 0.5) is 17.1 Å². The molecule has 30 heavy (non-hydrogen) atoms. The van der Waals surface area contributed by atoms with Crippen LogP contribution >= 0.6 is 23.2 Å². The topological polar surface area (TPSA) is 101 Å². The first-order valence-electron chi connectivity index (χ1n) is 8.82. The molecule has 6 nitrogen and oxygen atoms in total. The maximum absolute atomic E-state index is 13.0. The fraction of sp³-hybridized carbons (Fsp3) is 0.0909. The van der Waals surface area contributed by atoms with Gasteiger partial charge in [0, 0.05) is 11.4 Å². The zero-order valence-electron chi connectivity index (χ0n) is 15.8. The van der Waals surface area contributed by atoms with Crippen molar-refractivity contribution < 1.29 is 20.2 Å². The van der Waals surface area contributed by atoms with Gasteiger partial charge >= 0.3 is 5.97 Å². The minimum atomic E-state index is -1.09. The Morgan fingerprint density at radius 3 is 2.10 bits per heavy atom. The van der Waals surface area contributed by atoms with E-state index in [9.17, 15) is 14.7 Å². The summed E-state index contributed by atoms with van der Waals surface area (Å²) in [5.41, 5.74) is 2.43. The van der Waals surface area contributed by atoms with Crippen molar-refractivity contribution in [2.24, 2.45) is 0 Å². The molecule has 0 aliphatic carbocycles. The predicted molar refractivity (Wildman–Crippen MR) is 120 cm³/mol. The molecule has 0 unspecified atom stereocenters. The van der Waals surface area contributed by atoms with Gasteiger partial charge in [-0.1, -0.05) is 65.7 Å². The summed E-state index contributed by atoms with van der Waals surface area (Å²) in [4.78, 5) is 25.5. The Morgan fingerprint density at radius 1 is 0.867 bits per heavy atom. The first-order chi connectivity index (χ1) is 14.0. The van der Waals surface area contributed by atoms with Gasteiger partial charge in [-0.05, 0) is 35.9 Å². The van der Waals surface area contributed by atoms with Crippen molar-refractivity contribution in [1.82, 2.24) is 0 Å². The van der Waals surface area contributed by atoms with E-state index < -0.39 is 12.5 Å². The lowest BCUT2D eigenvalue weighted by atomic mass is 10.1. The van der Waals surface area contributed by atoms with Gasteiger partial charge in [0.1, 0.15) is 6.54 Å². The smallest absolute Gasteiger partial charge is 0.323 e. The second kappa shape index (κ2) is 10.6. The quantitative estimate of drug-likeness (QED) is 0.554. The minimum Gasteiger partial charge on any atom is -0.480 e. The lowest BCUT2D eigenvalue weighted by Crippen LogP contribution is -2.36. The van der Waals surface area contributed by atoms with Crippen LogP contribution in [0, 0.1) is 0 Å². The van der Waals surface area contributed by atoms with Crippen LogP contribution in [-0.4, -0.2) is 29.0 Å². The number of carboxylic acid groups (broad SMARTS) is 1. The van der Waals surface area contributed by atoms with Crippen molar-refractivity contribution in [2.75, 3.05) is 16.8 Å². The van der Waals surface area contributed by atoms with Crippen LogP contribution in [-0.2, 0) is 16.0 Å². The van der Waals surface area contributed by atoms with Gasteiger partial charge in [0.05, 0.1) is 22.2 Å². The molecule has 0 radical (unpaired) electrons. The van der Waals surface area contributed by atoms with E-state index in [4.69, 9.17) is 23.2 Å². The average molecular weight is 447 g/mol. The second-order valence-electron chi connectivity index (χ2n) is 6.26. The van der Waals surface area contributed by atoms with E-state index in [0.29, 0.717) is 32.7 Å². The molecule has 0 aliphatic heterocycles. The van der Waals surface area contributed by atoms with Crippen LogP contribution in [0.5, 0.6) is 0 Å². The van der Waals surface area contributed by atoms with Crippen LogP contribution in [0.25, 0.3) is 0 Å². The number of rotatable bonds is 7. The lowest BCUT2D eigenvalue weighted by Gasteiger charge is -2.22. The molecule has 0 aromatic heterocycles. The molecule has 1 amide bonds. The highest BCUT2D eigenvalue weighted by atomic mass is 35.5. The SMILES string of the molecule is O.O=C(O)CN(C(=O)Cc1ccccc1Nc1c(Cl)cccc1Cl)c1ccccc1. The van der Waals surface area contributed by atoms with Gasteiger partial charge in [-0.15, -0.1) is 0 Å². The monoisotopic (exact) mass is 446 g/mol. The second-order valence-corrected chi connectivity index (χ2v) is 7.08. The molecule has 4 N–H and O–H groups in total. The molecule has 0 atom stereocenters. The summed E-state index contributed by atoms with van der Waals surface area (Å²) in [6, 6.07) is 21.2. The summed E-state index contributed by atoms with van der Waals surface area (Å²) in [7, 11) is 0. The summed E-state index contributed by atoms with van der Waals surface area (Å²) in [6.45, 7) is -0.422. The van der Waals surface area contributed by atoms with Crippen LogP contribution in [0.15, 0.2) is 72.8 Å². The summed E-state index contributed by atoms with van der Waals surface area (Å²) >= 11 is 12.5. The van der Waals surface area contributed by atoms with Crippen LogP contribution in [0.2, 0.25) is 10.0 Å². The molecule has 156 valence electrons. The Kier molecular flexibility index (Phi) is 8.24. The van der Waals surface area contributed by atoms with Gasteiger partial charge in [-0.3, -0.25) is 9.59 Å². The third-order valence-electron chi connectivity index (χ3n) is 4.24. The number of nitrogens with one attached hydrogen (secondary N) is 1. The van der Waals surface area contributed by atoms with E-state index in [1.807, 2.05) is 18.2 Å². The summed E-state index contributed by atoms with van der Waals surface area (Å²) in [5.74, 6) is -1.42. The van der Waals surface area contributed by atoms with Gasteiger partial charge < -0.3 is 20.8 Å². The molecule has 0 aliphatic rings. The van der Waals surface area contributed by atoms with Gasteiger partial charge in [0.15, 0.2) is 0 Å². The molecule has 3 rings (SSSR count). The number of aliphatic carboxylic acids is 1. The number of anilines is 3. The number of hydrogen-bond acceptors (Lipinski definition) is 3. The van der Waals surface area contributed by atoms with Crippen LogP contribution in [0.1, 0.15) is 5.56 Å². The summed E-state index contributed by atoms with van der Waals surface area (Å²) < 4.78 is 0. The Labute approximate surface area is 184 Å². The molecule has 3 aromatic carbocycles. The highest BCUT2D eigenvalue weighted by Gasteiger charge is 2.20. The number of hydrogen-bond donors (Lipinski definition) is 2. The Balaban J connectivity index is 0.00000320. The van der Waals surface area contributed by atoms with Gasteiger partial charge in [-0.2, -0.15) is 0 Å². The van der Waals surface area contributed by atoms with E-state index in [-0.39, 0.29) is 17.8 Å². The van der Waals surface area contributed by atoms with Crippen molar-refractivity contribution in [3.05, 3.63) is 88.4 Å². The summed E-state index contributed by atoms with van der Waals surface area (Å²) in [5, 5.41) is 13.3. The van der Waals surface area contributed by atoms with Crippen molar-refractivity contribution in [3.63, 3.8) is 0 Å². The molecule has 0 fully saturated rings. The molecule has 8 heteroatoms. The number of para-hydroxylation sites is 3. The third kappa shape index (κ3) is 5.73. The van der Waals surface area contributed by atoms with E-state index in [1.165, 1.54) is 4.90 Å². The maximum atomic E-state index is 13.0. The lowest BCUT2D eigenvalue weighted by molar-refractivity contribution is -0.136. The third-order valence-corrected chi connectivity index (χ3v) is 4.87.